The Hall–Kier alpha value is -3.79. The van der Waals surface area contributed by atoms with Gasteiger partial charge in [-0.15, -0.1) is 0 Å². The van der Waals surface area contributed by atoms with Crippen molar-refractivity contribution in [2.24, 2.45) is 0 Å². The number of aryl methyl sites for hydroxylation is 4. The zero-order chi connectivity index (χ0) is 28.3. The third-order valence-corrected chi connectivity index (χ3v) is 8.43. The van der Waals surface area contributed by atoms with E-state index in [1.54, 1.807) is 69.3 Å². The van der Waals surface area contributed by atoms with Crippen LogP contribution in [0.15, 0.2) is 76.4 Å². The molecular formula is C29H29ClN4O4S. The first-order chi connectivity index (χ1) is 18.4. The summed E-state index contributed by atoms with van der Waals surface area (Å²) in [5.74, 6) is -0.147. The van der Waals surface area contributed by atoms with E-state index in [1.807, 2.05) is 19.1 Å². The molecule has 39 heavy (non-hydrogen) atoms. The number of nitrogens with one attached hydrogen (secondary N) is 2. The summed E-state index contributed by atoms with van der Waals surface area (Å²) in [5, 5.41) is 3.31. The van der Waals surface area contributed by atoms with Gasteiger partial charge in [-0.2, -0.15) is 4.31 Å². The first-order valence-electron chi connectivity index (χ1n) is 12.2. The molecule has 0 unspecified atom stereocenters. The van der Waals surface area contributed by atoms with Gasteiger partial charge in [0.1, 0.15) is 5.82 Å². The largest absolute Gasteiger partial charge is 0.325 e. The molecule has 0 bridgehead atoms. The molecule has 10 heteroatoms. The Morgan fingerprint density at radius 1 is 0.974 bits per heavy atom. The molecule has 0 fully saturated rings. The summed E-state index contributed by atoms with van der Waals surface area (Å²) in [7, 11) is -4.05. The number of aromatic nitrogens is 2. The van der Waals surface area contributed by atoms with Crippen molar-refractivity contribution in [3.05, 3.63) is 110 Å². The van der Waals surface area contributed by atoms with Crippen molar-refractivity contribution in [3.63, 3.8) is 0 Å². The lowest BCUT2D eigenvalue weighted by atomic mass is 10.1. The lowest BCUT2D eigenvalue weighted by molar-refractivity contribution is -0.116. The standard InChI is InChI=1S/C29H29ClN4O4S/c1-18-12-19(2)28(20(3)13-18)39(37,38)34(16-22-8-10-24(30)11-9-22)17-27(36)32-25-7-5-6-23(15-25)29-31-21(4)14-26(35)33-29/h5-15H,16-17H2,1-4H3,(H,32,36)(H,31,33,35). The minimum absolute atomic E-state index is 0.0197. The number of carbonyl (C=O) groups excluding carboxylic acids is 1. The van der Waals surface area contributed by atoms with Crippen molar-refractivity contribution in [2.45, 2.75) is 39.1 Å². The van der Waals surface area contributed by atoms with Gasteiger partial charge in [-0.3, -0.25) is 9.59 Å². The minimum atomic E-state index is -4.05. The number of carbonyl (C=O) groups is 1. The number of benzene rings is 3. The van der Waals surface area contributed by atoms with Gasteiger partial charge in [0.05, 0.1) is 11.4 Å². The second-order valence-corrected chi connectivity index (χ2v) is 11.8. The minimum Gasteiger partial charge on any atom is -0.325 e. The highest BCUT2D eigenvalue weighted by atomic mass is 35.5. The fourth-order valence-corrected chi connectivity index (χ4v) is 6.46. The maximum absolute atomic E-state index is 13.9. The number of sulfonamides is 1. The number of rotatable bonds is 8. The maximum Gasteiger partial charge on any atom is 0.251 e. The summed E-state index contributed by atoms with van der Waals surface area (Å²) in [4.78, 5) is 32.3. The van der Waals surface area contributed by atoms with Gasteiger partial charge < -0.3 is 10.3 Å². The monoisotopic (exact) mass is 564 g/mol. The molecule has 8 nitrogen and oxygen atoms in total. The number of halogens is 1. The Morgan fingerprint density at radius 2 is 1.64 bits per heavy atom. The van der Waals surface area contributed by atoms with Crippen LogP contribution in [0.4, 0.5) is 5.69 Å². The molecule has 0 saturated carbocycles. The van der Waals surface area contributed by atoms with Crippen LogP contribution in [0.2, 0.25) is 5.02 Å². The fourth-order valence-electron chi connectivity index (χ4n) is 4.54. The van der Waals surface area contributed by atoms with E-state index in [4.69, 9.17) is 11.6 Å². The molecule has 1 amide bonds. The molecular weight excluding hydrogens is 536 g/mol. The number of anilines is 1. The predicted octanol–water partition coefficient (Wildman–Crippen LogP) is 5.15. The summed E-state index contributed by atoms with van der Waals surface area (Å²) in [6.07, 6.45) is 0. The van der Waals surface area contributed by atoms with Gasteiger partial charge in [0.25, 0.3) is 5.56 Å². The second kappa shape index (κ2) is 11.5. The highest BCUT2D eigenvalue weighted by Gasteiger charge is 2.30. The summed E-state index contributed by atoms with van der Waals surface area (Å²) in [5.41, 5.74) is 4.19. The molecule has 0 radical (unpaired) electrons. The highest BCUT2D eigenvalue weighted by Crippen LogP contribution is 2.27. The number of aromatic amines is 1. The van der Waals surface area contributed by atoms with Crippen LogP contribution in [0.3, 0.4) is 0 Å². The Bertz CT molecular complexity index is 1680. The Labute approximate surface area is 232 Å². The van der Waals surface area contributed by atoms with E-state index in [0.29, 0.717) is 44.5 Å². The SMILES string of the molecule is Cc1cc(C)c(S(=O)(=O)N(CC(=O)Nc2cccc(-c3nc(C)cc(=O)[nH]3)c2)Cc2ccc(Cl)cc2)c(C)c1. The highest BCUT2D eigenvalue weighted by molar-refractivity contribution is 7.89. The van der Waals surface area contributed by atoms with Gasteiger partial charge in [0, 0.05) is 34.6 Å². The molecule has 1 heterocycles. The van der Waals surface area contributed by atoms with Crippen LogP contribution in [0, 0.1) is 27.7 Å². The number of hydrogen-bond donors (Lipinski definition) is 2. The summed E-state index contributed by atoms with van der Waals surface area (Å²) in [6, 6.07) is 18.7. The molecule has 1 aromatic heterocycles. The maximum atomic E-state index is 13.9. The van der Waals surface area contributed by atoms with E-state index in [1.165, 1.54) is 10.4 Å². The van der Waals surface area contributed by atoms with Crippen molar-refractivity contribution in [1.29, 1.82) is 0 Å². The zero-order valence-electron chi connectivity index (χ0n) is 22.1. The molecule has 2 N–H and O–H groups in total. The average molecular weight is 565 g/mol. The summed E-state index contributed by atoms with van der Waals surface area (Å²) < 4.78 is 29.0. The number of hydrogen-bond acceptors (Lipinski definition) is 5. The predicted molar refractivity (Wildman–Crippen MR) is 153 cm³/mol. The Balaban J connectivity index is 1.64. The number of nitrogens with zero attached hydrogens (tertiary/aromatic N) is 2. The number of amides is 1. The van der Waals surface area contributed by atoms with Crippen molar-refractivity contribution in [3.8, 4) is 11.4 Å². The van der Waals surface area contributed by atoms with Gasteiger partial charge in [-0.1, -0.05) is 53.6 Å². The normalized spacial score (nSPS) is 11.5. The molecule has 0 aliphatic carbocycles. The summed E-state index contributed by atoms with van der Waals surface area (Å²) in [6.45, 7) is 6.70. The van der Waals surface area contributed by atoms with Crippen molar-refractivity contribution in [2.75, 3.05) is 11.9 Å². The smallest absolute Gasteiger partial charge is 0.251 e. The topological polar surface area (TPSA) is 112 Å². The first-order valence-corrected chi connectivity index (χ1v) is 14.0. The molecule has 0 aliphatic rings. The van der Waals surface area contributed by atoms with Gasteiger partial charge in [0.2, 0.25) is 15.9 Å². The first kappa shape index (κ1) is 28.2. The van der Waals surface area contributed by atoms with Crippen molar-refractivity contribution in [1.82, 2.24) is 14.3 Å². The fraction of sp³-hybridized carbons (Fsp3) is 0.207. The van der Waals surface area contributed by atoms with E-state index in [-0.39, 0.29) is 17.0 Å². The van der Waals surface area contributed by atoms with Crippen LogP contribution in [0.5, 0.6) is 0 Å². The second-order valence-electron chi connectivity index (χ2n) is 9.49. The zero-order valence-corrected chi connectivity index (χ0v) is 23.7. The number of H-pyrrole nitrogens is 1. The van der Waals surface area contributed by atoms with Crippen LogP contribution in [-0.4, -0.2) is 35.1 Å². The van der Waals surface area contributed by atoms with Crippen LogP contribution in [-0.2, 0) is 21.4 Å². The average Bonchev–Trinajstić information content (AvgIpc) is 2.83. The third kappa shape index (κ3) is 6.81. The Kier molecular flexibility index (Phi) is 8.34. The van der Waals surface area contributed by atoms with E-state index < -0.39 is 22.5 Å². The molecule has 0 saturated heterocycles. The van der Waals surface area contributed by atoms with Gasteiger partial charge in [-0.25, -0.2) is 13.4 Å². The van der Waals surface area contributed by atoms with E-state index in [0.717, 1.165) is 5.56 Å². The van der Waals surface area contributed by atoms with E-state index in [9.17, 15) is 18.0 Å². The molecule has 3 aromatic carbocycles. The van der Waals surface area contributed by atoms with Crippen LogP contribution in [0.1, 0.15) is 27.9 Å². The molecule has 0 atom stereocenters. The van der Waals surface area contributed by atoms with Crippen LogP contribution >= 0.6 is 11.6 Å². The Morgan fingerprint density at radius 3 is 2.28 bits per heavy atom. The van der Waals surface area contributed by atoms with E-state index in [2.05, 4.69) is 15.3 Å². The van der Waals surface area contributed by atoms with Crippen LogP contribution < -0.4 is 10.9 Å². The molecule has 4 rings (SSSR count). The van der Waals surface area contributed by atoms with Gasteiger partial charge >= 0.3 is 0 Å². The van der Waals surface area contributed by atoms with Gasteiger partial charge in [0.15, 0.2) is 0 Å². The van der Waals surface area contributed by atoms with Gasteiger partial charge in [-0.05, 0) is 68.7 Å². The molecule has 0 aliphatic heterocycles. The molecule has 0 spiro atoms. The van der Waals surface area contributed by atoms with E-state index >= 15 is 0 Å². The third-order valence-electron chi connectivity index (χ3n) is 6.08. The molecule has 4 aromatic rings. The quantitative estimate of drug-likeness (QED) is 0.307. The lowest BCUT2D eigenvalue weighted by Gasteiger charge is -2.24. The van der Waals surface area contributed by atoms with Crippen molar-refractivity contribution >= 4 is 33.2 Å². The summed E-state index contributed by atoms with van der Waals surface area (Å²) >= 11 is 6.02. The molecule has 202 valence electrons. The van der Waals surface area contributed by atoms with Crippen LogP contribution in [0.25, 0.3) is 11.4 Å². The lowest BCUT2D eigenvalue weighted by Crippen LogP contribution is -2.38. The van der Waals surface area contributed by atoms with Crippen molar-refractivity contribution < 1.29 is 13.2 Å².